The number of halogens is 1. The summed E-state index contributed by atoms with van der Waals surface area (Å²) < 4.78 is 5.77. The van der Waals surface area contributed by atoms with Crippen LogP contribution >= 0.6 is 11.6 Å². The Hall–Kier alpha value is -1.91. The highest BCUT2D eigenvalue weighted by Gasteiger charge is 2.54. The molecule has 4 saturated carbocycles. The third-order valence-electron chi connectivity index (χ3n) is 6.94. The lowest BCUT2D eigenvalue weighted by Crippen LogP contribution is -2.54. The van der Waals surface area contributed by atoms with E-state index in [0.29, 0.717) is 52.3 Å². The van der Waals surface area contributed by atoms with Crippen molar-refractivity contribution in [2.45, 2.75) is 44.1 Å². The summed E-state index contributed by atoms with van der Waals surface area (Å²) in [5.41, 5.74) is 0.231. The predicted molar refractivity (Wildman–Crippen MR) is 107 cm³/mol. The monoisotopic (exact) mass is 397 g/mol. The van der Waals surface area contributed by atoms with Crippen molar-refractivity contribution in [2.75, 3.05) is 0 Å². The van der Waals surface area contributed by atoms with E-state index in [9.17, 15) is 9.90 Å². The molecule has 1 heterocycles. The summed E-state index contributed by atoms with van der Waals surface area (Å²) in [4.78, 5) is 17.1. The van der Waals surface area contributed by atoms with Crippen LogP contribution in [0.25, 0.3) is 0 Å². The number of carbonyl (C=O) groups excluding carboxylic acids is 1. The topological polar surface area (TPSA) is 59.4 Å². The van der Waals surface area contributed by atoms with Crippen LogP contribution in [0.3, 0.4) is 0 Å². The fourth-order valence-corrected chi connectivity index (χ4v) is 6.14. The number of aromatic nitrogens is 1. The van der Waals surface area contributed by atoms with E-state index in [-0.39, 0.29) is 5.78 Å². The van der Waals surface area contributed by atoms with Gasteiger partial charge in [0.2, 0.25) is 5.88 Å². The molecule has 1 N–H and O–H groups in total. The summed E-state index contributed by atoms with van der Waals surface area (Å²) in [6.45, 7) is 0. The Balaban J connectivity index is 1.29. The van der Waals surface area contributed by atoms with Gasteiger partial charge in [0, 0.05) is 24.2 Å². The number of nitrogens with zero attached hydrogens (tertiary/aromatic N) is 1. The van der Waals surface area contributed by atoms with Gasteiger partial charge in [-0.05, 0) is 74.0 Å². The molecule has 2 unspecified atom stereocenters. The van der Waals surface area contributed by atoms with Crippen LogP contribution in [0, 0.1) is 23.7 Å². The number of ether oxygens (including phenoxy) is 1. The summed E-state index contributed by atoms with van der Waals surface area (Å²) in [7, 11) is 0. The largest absolute Gasteiger partial charge is 0.439 e. The number of pyridine rings is 1. The van der Waals surface area contributed by atoms with Crippen LogP contribution in [0.1, 0.15) is 48.9 Å². The van der Waals surface area contributed by atoms with Crippen molar-refractivity contribution in [3.63, 3.8) is 0 Å². The van der Waals surface area contributed by atoms with Gasteiger partial charge in [-0.1, -0.05) is 23.7 Å². The quantitative estimate of drug-likeness (QED) is 0.696. The molecule has 0 amide bonds. The van der Waals surface area contributed by atoms with Gasteiger partial charge < -0.3 is 9.84 Å². The van der Waals surface area contributed by atoms with Gasteiger partial charge in [-0.25, -0.2) is 4.98 Å². The highest BCUT2D eigenvalue weighted by atomic mass is 35.5. The number of ketones is 1. The minimum absolute atomic E-state index is 0.166. The van der Waals surface area contributed by atoms with Crippen LogP contribution in [-0.2, 0) is 0 Å². The molecular formula is C23H24ClNO3. The van der Waals surface area contributed by atoms with Crippen LogP contribution in [0.2, 0.25) is 5.02 Å². The third-order valence-corrected chi connectivity index (χ3v) is 7.16. The molecular weight excluding hydrogens is 374 g/mol. The molecule has 2 atom stereocenters. The molecule has 5 heteroatoms. The fraction of sp³-hybridized carbons (Fsp3) is 0.478. The van der Waals surface area contributed by atoms with Gasteiger partial charge in [-0.3, -0.25) is 4.79 Å². The molecule has 4 bridgehead atoms. The number of rotatable bonds is 5. The lowest BCUT2D eigenvalue weighted by Gasteiger charge is -2.58. The summed E-state index contributed by atoms with van der Waals surface area (Å²) in [5.74, 6) is 3.28. The molecule has 1 aromatic heterocycles. The summed E-state index contributed by atoms with van der Waals surface area (Å²) in [5, 5.41) is 11.3. The first kappa shape index (κ1) is 18.1. The fourth-order valence-electron chi connectivity index (χ4n) is 6.03. The molecule has 0 saturated heterocycles. The number of aliphatic hydroxyl groups is 1. The Kier molecular flexibility index (Phi) is 4.44. The number of benzene rings is 1. The maximum absolute atomic E-state index is 13.0. The maximum Gasteiger partial charge on any atom is 0.219 e. The minimum Gasteiger partial charge on any atom is -0.439 e. The third kappa shape index (κ3) is 3.44. The van der Waals surface area contributed by atoms with Crippen molar-refractivity contribution < 1.29 is 14.6 Å². The Morgan fingerprint density at radius 3 is 2.64 bits per heavy atom. The van der Waals surface area contributed by atoms with Gasteiger partial charge in [0.25, 0.3) is 0 Å². The van der Waals surface area contributed by atoms with Crippen LogP contribution in [0.4, 0.5) is 0 Å². The van der Waals surface area contributed by atoms with E-state index < -0.39 is 5.60 Å². The predicted octanol–water partition coefficient (Wildman–Crippen LogP) is 5.29. The van der Waals surface area contributed by atoms with E-state index in [1.54, 1.807) is 18.2 Å². The van der Waals surface area contributed by atoms with Crippen LogP contribution < -0.4 is 4.74 Å². The van der Waals surface area contributed by atoms with Crippen LogP contribution in [0.15, 0.2) is 42.6 Å². The zero-order chi connectivity index (χ0) is 19.3. The Morgan fingerprint density at radius 2 is 1.96 bits per heavy atom. The minimum atomic E-state index is -0.449. The van der Waals surface area contributed by atoms with Crippen molar-refractivity contribution >= 4 is 17.4 Å². The normalized spacial score (nSPS) is 33.1. The smallest absolute Gasteiger partial charge is 0.219 e. The molecule has 1 aromatic carbocycles. The van der Waals surface area contributed by atoms with Crippen molar-refractivity contribution in [1.82, 2.24) is 4.98 Å². The van der Waals surface area contributed by atoms with Crippen LogP contribution in [-0.4, -0.2) is 21.5 Å². The molecule has 2 aromatic rings. The van der Waals surface area contributed by atoms with E-state index in [1.807, 2.05) is 18.2 Å². The molecule has 146 valence electrons. The second-order valence-electron chi connectivity index (χ2n) is 8.93. The molecule has 6 rings (SSSR count). The SMILES string of the molecule is O=C(CC1C2CC3CC1CC(O)(C3)C2)c1cccc(Oc2ccc(Cl)cn2)c1. The molecule has 0 spiro atoms. The Labute approximate surface area is 169 Å². The summed E-state index contributed by atoms with van der Waals surface area (Å²) in [6.07, 6.45) is 7.20. The highest BCUT2D eigenvalue weighted by Crippen LogP contribution is 2.59. The van der Waals surface area contributed by atoms with E-state index in [1.165, 1.54) is 19.0 Å². The molecule has 4 fully saturated rings. The molecule has 28 heavy (non-hydrogen) atoms. The lowest BCUT2D eigenvalue weighted by molar-refractivity contribution is -0.151. The zero-order valence-electron chi connectivity index (χ0n) is 15.7. The van der Waals surface area contributed by atoms with Gasteiger partial charge in [0.05, 0.1) is 10.6 Å². The van der Waals surface area contributed by atoms with E-state index in [2.05, 4.69) is 4.98 Å². The van der Waals surface area contributed by atoms with Gasteiger partial charge in [-0.2, -0.15) is 0 Å². The van der Waals surface area contributed by atoms with Crippen molar-refractivity contribution in [3.8, 4) is 11.6 Å². The average molecular weight is 398 g/mol. The molecule has 4 nitrogen and oxygen atoms in total. The zero-order valence-corrected chi connectivity index (χ0v) is 16.4. The molecule has 4 aliphatic carbocycles. The molecule has 0 aliphatic heterocycles. The molecule has 4 aliphatic rings. The van der Waals surface area contributed by atoms with Crippen LogP contribution in [0.5, 0.6) is 11.6 Å². The lowest BCUT2D eigenvalue weighted by atomic mass is 9.49. The standard InChI is InChI=1S/C23H24ClNO3/c24-18-4-5-22(25-13-18)28-19-3-1-2-15(8-19)21(26)9-20-16-6-14-7-17(20)12-23(27,10-14)11-16/h1-5,8,13-14,16-17,20,27H,6-7,9-12H2. The Bertz CT molecular complexity index is 881. The van der Waals surface area contributed by atoms with Crippen molar-refractivity contribution in [3.05, 3.63) is 53.2 Å². The van der Waals surface area contributed by atoms with Crippen molar-refractivity contribution in [1.29, 1.82) is 0 Å². The van der Waals surface area contributed by atoms with Gasteiger partial charge in [0.15, 0.2) is 5.78 Å². The molecule has 0 radical (unpaired) electrons. The second kappa shape index (κ2) is 6.85. The first-order valence-corrected chi connectivity index (χ1v) is 10.5. The Morgan fingerprint density at radius 1 is 1.18 bits per heavy atom. The van der Waals surface area contributed by atoms with E-state index in [4.69, 9.17) is 16.3 Å². The second-order valence-corrected chi connectivity index (χ2v) is 9.37. The maximum atomic E-state index is 13.0. The van der Waals surface area contributed by atoms with Gasteiger partial charge >= 0.3 is 0 Å². The number of carbonyl (C=O) groups is 1. The summed E-state index contributed by atoms with van der Waals surface area (Å²) in [6, 6.07) is 10.7. The van der Waals surface area contributed by atoms with E-state index >= 15 is 0 Å². The first-order chi connectivity index (χ1) is 13.5. The van der Waals surface area contributed by atoms with Gasteiger partial charge in [0.1, 0.15) is 5.75 Å². The number of hydrogen-bond donors (Lipinski definition) is 1. The first-order valence-electron chi connectivity index (χ1n) is 10.1. The number of hydrogen-bond acceptors (Lipinski definition) is 4. The van der Waals surface area contributed by atoms with E-state index in [0.717, 1.165) is 19.3 Å². The average Bonchev–Trinajstić information content (AvgIpc) is 2.65. The number of Topliss-reactive ketones (excluding diaryl/α,β-unsaturated/α-hetero) is 1. The highest BCUT2D eigenvalue weighted by molar-refractivity contribution is 6.30. The van der Waals surface area contributed by atoms with Crippen molar-refractivity contribution in [2.24, 2.45) is 23.7 Å². The summed E-state index contributed by atoms with van der Waals surface area (Å²) >= 11 is 5.86. The van der Waals surface area contributed by atoms with Gasteiger partial charge in [-0.15, -0.1) is 0 Å².